The van der Waals surface area contributed by atoms with Crippen LogP contribution in [0.15, 0.2) is 0 Å². The minimum Gasteiger partial charge on any atom is -0.359 e. The van der Waals surface area contributed by atoms with Gasteiger partial charge >= 0.3 is 0 Å². The van der Waals surface area contributed by atoms with Gasteiger partial charge < -0.3 is 10.6 Å². The van der Waals surface area contributed by atoms with Crippen molar-refractivity contribution in [1.29, 1.82) is 0 Å². The molecule has 0 aliphatic rings. The maximum absolute atomic E-state index is 3.98. The molecule has 0 spiro atoms. The van der Waals surface area contributed by atoms with Crippen LogP contribution in [-0.4, -0.2) is 28.8 Å². The summed E-state index contributed by atoms with van der Waals surface area (Å²) in [4.78, 5) is 0. The van der Waals surface area contributed by atoms with Gasteiger partial charge in [0.25, 0.3) is 0 Å². The summed E-state index contributed by atoms with van der Waals surface area (Å²) in [5, 5.41) is 16.4. The van der Waals surface area contributed by atoms with Gasteiger partial charge in [-0.2, -0.15) is 0 Å². The molecule has 1 aromatic heterocycles. The zero-order valence-corrected chi connectivity index (χ0v) is 10.0. The van der Waals surface area contributed by atoms with E-state index in [-0.39, 0.29) is 5.54 Å². The van der Waals surface area contributed by atoms with Gasteiger partial charge in [-0.3, -0.25) is 0 Å². The molecule has 0 amide bonds. The predicted molar refractivity (Wildman–Crippen MR) is 60.9 cm³/mol. The highest BCUT2D eigenvalue weighted by Crippen LogP contribution is 2.12. The highest BCUT2D eigenvalue weighted by molar-refractivity contribution is 7.15. The van der Waals surface area contributed by atoms with E-state index in [9.17, 15) is 0 Å². The molecule has 1 rings (SSSR count). The van der Waals surface area contributed by atoms with Crippen LogP contribution < -0.4 is 10.6 Å². The van der Waals surface area contributed by atoms with Crippen LogP contribution in [-0.2, 0) is 0 Å². The van der Waals surface area contributed by atoms with Crippen LogP contribution in [0.5, 0.6) is 0 Å². The standard InChI is InChI=1S/C9H18N4S/c1-7-12-13-8(14-7)10-5-6-11-9(2,3)4/h11H,5-6H2,1-4H3,(H,10,13). The van der Waals surface area contributed by atoms with Crippen molar-refractivity contribution in [2.45, 2.75) is 33.2 Å². The summed E-state index contributed by atoms with van der Waals surface area (Å²) >= 11 is 1.58. The minimum atomic E-state index is 0.179. The lowest BCUT2D eigenvalue weighted by Gasteiger charge is -2.20. The highest BCUT2D eigenvalue weighted by atomic mass is 32.1. The Morgan fingerprint density at radius 2 is 1.93 bits per heavy atom. The largest absolute Gasteiger partial charge is 0.359 e. The van der Waals surface area contributed by atoms with Crippen molar-refractivity contribution in [1.82, 2.24) is 15.5 Å². The molecule has 80 valence electrons. The van der Waals surface area contributed by atoms with Crippen molar-refractivity contribution >= 4 is 16.5 Å². The second kappa shape index (κ2) is 4.70. The Labute approximate surface area is 89.1 Å². The first kappa shape index (κ1) is 11.4. The van der Waals surface area contributed by atoms with Gasteiger partial charge in [-0.05, 0) is 27.7 Å². The lowest BCUT2D eigenvalue weighted by atomic mass is 10.1. The van der Waals surface area contributed by atoms with E-state index in [0.29, 0.717) is 0 Å². The average Bonchev–Trinajstić information content (AvgIpc) is 2.44. The summed E-state index contributed by atoms with van der Waals surface area (Å²) in [6.07, 6.45) is 0. The summed E-state index contributed by atoms with van der Waals surface area (Å²) in [5.74, 6) is 0. The summed E-state index contributed by atoms with van der Waals surface area (Å²) in [6.45, 7) is 10.2. The van der Waals surface area contributed by atoms with Gasteiger partial charge in [0.1, 0.15) is 5.01 Å². The Balaban J connectivity index is 2.16. The van der Waals surface area contributed by atoms with E-state index in [4.69, 9.17) is 0 Å². The zero-order chi connectivity index (χ0) is 10.6. The lowest BCUT2D eigenvalue weighted by molar-refractivity contribution is 0.435. The third-order valence-electron chi connectivity index (χ3n) is 1.58. The van der Waals surface area contributed by atoms with Crippen molar-refractivity contribution in [3.05, 3.63) is 5.01 Å². The van der Waals surface area contributed by atoms with Gasteiger partial charge in [0.05, 0.1) is 0 Å². The van der Waals surface area contributed by atoms with Crippen LogP contribution >= 0.6 is 11.3 Å². The molecule has 0 aliphatic heterocycles. The molecule has 2 N–H and O–H groups in total. The first-order valence-corrected chi connectivity index (χ1v) is 5.58. The van der Waals surface area contributed by atoms with E-state index in [2.05, 4.69) is 41.6 Å². The van der Waals surface area contributed by atoms with E-state index >= 15 is 0 Å². The number of aryl methyl sites for hydroxylation is 1. The molecule has 0 saturated heterocycles. The SMILES string of the molecule is Cc1nnc(NCCNC(C)(C)C)s1. The summed E-state index contributed by atoms with van der Waals surface area (Å²) < 4.78 is 0. The molecule has 0 atom stereocenters. The molecule has 0 radical (unpaired) electrons. The molecule has 0 fully saturated rings. The third kappa shape index (κ3) is 4.53. The lowest BCUT2D eigenvalue weighted by Crippen LogP contribution is -2.38. The Kier molecular flexibility index (Phi) is 3.83. The Morgan fingerprint density at radius 3 is 2.43 bits per heavy atom. The number of hydrogen-bond acceptors (Lipinski definition) is 5. The number of nitrogens with one attached hydrogen (secondary N) is 2. The Morgan fingerprint density at radius 1 is 1.21 bits per heavy atom. The van der Waals surface area contributed by atoms with Crippen LogP contribution in [0, 0.1) is 6.92 Å². The van der Waals surface area contributed by atoms with Crippen molar-refractivity contribution in [3.63, 3.8) is 0 Å². The van der Waals surface area contributed by atoms with Crippen LogP contribution in [0.2, 0.25) is 0 Å². The second-order valence-corrected chi connectivity index (χ2v) is 5.41. The summed E-state index contributed by atoms with van der Waals surface area (Å²) in [7, 11) is 0. The molecule has 0 aromatic carbocycles. The van der Waals surface area contributed by atoms with Gasteiger partial charge in [-0.1, -0.05) is 11.3 Å². The van der Waals surface area contributed by atoms with Crippen LogP contribution in [0.3, 0.4) is 0 Å². The van der Waals surface area contributed by atoms with Crippen LogP contribution in [0.1, 0.15) is 25.8 Å². The van der Waals surface area contributed by atoms with Crippen LogP contribution in [0.4, 0.5) is 5.13 Å². The van der Waals surface area contributed by atoms with Crippen molar-refractivity contribution < 1.29 is 0 Å². The Hall–Kier alpha value is -0.680. The monoisotopic (exact) mass is 214 g/mol. The zero-order valence-electron chi connectivity index (χ0n) is 9.22. The molecule has 1 aromatic rings. The average molecular weight is 214 g/mol. The number of nitrogens with zero attached hydrogens (tertiary/aromatic N) is 2. The molecular weight excluding hydrogens is 196 g/mol. The fourth-order valence-corrected chi connectivity index (χ4v) is 1.59. The van der Waals surface area contributed by atoms with Crippen molar-refractivity contribution in [2.75, 3.05) is 18.4 Å². The molecule has 5 heteroatoms. The maximum Gasteiger partial charge on any atom is 0.205 e. The summed E-state index contributed by atoms with van der Waals surface area (Å²) in [5.41, 5.74) is 0.179. The smallest absolute Gasteiger partial charge is 0.205 e. The molecule has 1 heterocycles. The minimum absolute atomic E-state index is 0.179. The fourth-order valence-electron chi connectivity index (χ4n) is 0.975. The molecule has 4 nitrogen and oxygen atoms in total. The van der Waals surface area contributed by atoms with Crippen molar-refractivity contribution in [2.24, 2.45) is 0 Å². The fraction of sp³-hybridized carbons (Fsp3) is 0.778. The van der Waals surface area contributed by atoms with E-state index in [0.717, 1.165) is 23.2 Å². The molecular formula is C9H18N4S. The first-order chi connectivity index (χ1) is 6.47. The first-order valence-electron chi connectivity index (χ1n) is 4.76. The number of aromatic nitrogens is 2. The van der Waals surface area contributed by atoms with Gasteiger partial charge in [0, 0.05) is 18.6 Å². The van der Waals surface area contributed by atoms with Gasteiger partial charge in [0.15, 0.2) is 0 Å². The molecule has 14 heavy (non-hydrogen) atoms. The van der Waals surface area contributed by atoms with E-state index in [1.54, 1.807) is 11.3 Å². The van der Waals surface area contributed by atoms with Crippen molar-refractivity contribution in [3.8, 4) is 0 Å². The summed E-state index contributed by atoms with van der Waals surface area (Å²) in [6, 6.07) is 0. The molecule has 0 saturated carbocycles. The van der Waals surface area contributed by atoms with E-state index in [1.807, 2.05) is 6.92 Å². The normalized spacial score (nSPS) is 11.7. The third-order valence-corrected chi connectivity index (χ3v) is 2.38. The van der Waals surface area contributed by atoms with E-state index in [1.165, 1.54) is 0 Å². The topological polar surface area (TPSA) is 49.8 Å². The van der Waals surface area contributed by atoms with Gasteiger partial charge in [0.2, 0.25) is 5.13 Å². The molecule has 0 aliphatic carbocycles. The number of rotatable bonds is 4. The highest BCUT2D eigenvalue weighted by Gasteiger charge is 2.07. The number of hydrogen-bond donors (Lipinski definition) is 2. The second-order valence-electron chi connectivity index (χ2n) is 4.23. The van der Waals surface area contributed by atoms with E-state index < -0.39 is 0 Å². The quantitative estimate of drug-likeness (QED) is 0.748. The van der Waals surface area contributed by atoms with Gasteiger partial charge in [-0.25, -0.2) is 0 Å². The molecule has 0 unspecified atom stereocenters. The predicted octanol–water partition coefficient (Wildman–Crippen LogP) is 1.65. The number of anilines is 1. The maximum atomic E-state index is 3.98. The Bertz CT molecular complexity index is 277. The van der Waals surface area contributed by atoms with Crippen LogP contribution in [0.25, 0.3) is 0 Å². The van der Waals surface area contributed by atoms with Gasteiger partial charge in [-0.15, -0.1) is 10.2 Å². The molecule has 0 bridgehead atoms.